The Hall–Kier alpha value is -1.46. The molecule has 0 bridgehead atoms. The highest BCUT2D eigenvalue weighted by Crippen LogP contribution is 2.18. The average molecular weight is 265 g/mol. The standard InChI is InChI=1S/C12H11NO2S2/c1-10-4-6-11(7-5-10)9-13-17(14,15)12-3-2-8-16-12/h2-9H,1H3/b13-9-. The number of thiophene rings is 1. The number of hydrogen-bond acceptors (Lipinski definition) is 3. The van der Waals surface area contributed by atoms with E-state index in [2.05, 4.69) is 4.40 Å². The molecule has 1 heterocycles. The predicted molar refractivity (Wildman–Crippen MR) is 70.3 cm³/mol. The highest BCUT2D eigenvalue weighted by molar-refractivity contribution is 7.92. The second kappa shape index (κ2) is 4.81. The van der Waals surface area contributed by atoms with Crippen LogP contribution in [0, 0.1) is 6.92 Å². The number of hydrogen-bond donors (Lipinski definition) is 0. The molecule has 0 aliphatic rings. The summed E-state index contributed by atoms with van der Waals surface area (Å²) in [4.78, 5) is 0. The van der Waals surface area contributed by atoms with Crippen molar-refractivity contribution in [1.29, 1.82) is 0 Å². The maximum absolute atomic E-state index is 11.7. The lowest BCUT2D eigenvalue weighted by molar-refractivity contribution is 0.600. The zero-order chi connectivity index (χ0) is 12.3. The van der Waals surface area contributed by atoms with Gasteiger partial charge < -0.3 is 0 Å². The number of sulfonamides is 1. The van der Waals surface area contributed by atoms with Crippen LogP contribution in [0.25, 0.3) is 0 Å². The van der Waals surface area contributed by atoms with Gasteiger partial charge in [-0.1, -0.05) is 35.9 Å². The zero-order valence-corrected chi connectivity index (χ0v) is 10.8. The third kappa shape index (κ3) is 3.01. The highest BCUT2D eigenvalue weighted by atomic mass is 32.2. The number of benzene rings is 1. The fourth-order valence-electron chi connectivity index (χ4n) is 1.24. The third-order valence-corrected chi connectivity index (χ3v) is 4.78. The van der Waals surface area contributed by atoms with Gasteiger partial charge in [-0.2, -0.15) is 12.8 Å². The molecule has 0 atom stereocenters. The van der Waals surface area contributed by atoms with Gasteiger partial charge in [-0.05, 0) is 23.9 Å². The van der Waals surface area contributed by atoms with Crippen molar-refractivity contribution in [2.75, 3.05) is 0 Å². The van der Waals surface area contributed by atoms with Crippen molar-refractivity contribution >= 4 is 27.6 Å². The number of rotatable bonds is 3. The summed E-state index contributed by atoms with van der Waals surface area (Å²) in [6, 6.07) is 10.7. The molecule has 0 aliphatic carbocycles. The zero-order valence-electron chi connectivity index (χ0n) is 9.20. The van der Waals surface area contributed by atoms with E-state index in [0.717, 1.165) is 11.1 Å². The summed E-state index contributed by atoms with van der Waals surface area (Å²) < 4.78 is 27.4. The Morgan fingerprint density at radius 1 is 1.18 bits per heavy atom. The SMILES string of the molecule is Cc1ccc(/C=N\S(=O)(=O)c2cccs2)cc1. The van der Waals surface area contributed by atoms with E-state index in [1.165, 1.54) is 17.6 Å². The Morgan fingerprint density at radius 3 is 2.47 bits per heavy atom. The molecule has 2 rings (SSSR count). The van der Waals surface area contributed by atoms with Crippen molar-refractivity contribution in [3.8, 4) is 0 Å². The van der Waals surface area contributed by atoms with Gasteiger partial charge in [-0.15, -0.1) is 11.3 Å². The summed E-state index contributed by atoms with van der Waals surface area (Å²) in [5, 5.41) is 1.72. The van der Waals surface area contributed by atoms with Crippen LogP contribution in [-0.2, 0) is 10.0 Å². The van der Waals surface area contributed by atoms with Crippen LogP contribution >= 0.6 is 11.3 Å². The Balaban J connectivity index is 2.24. The molecule has 1 aromatic carbocycles. The van der Waals surface area contributed by atoms with E-state index in [0.29, 0.717) is 0 Å². The molecule has 17 heavy (non-hydrogen) atoms. The van der Waals surface area contributed by atoms with Crippen molar-refractivity contribution in [3.63, 3.8) is 0 Å². The van der Waals surface area contributed by atoms with E-state index in [9.17, 15) is 8.42 Å². The first-order chi connectivity index (χ1) is 8.08. The van der Waals surface area contributed by atoms with E-state index in [1.54, 1.807) is 17.5 Å². The smallest absolute Gasteiger partial charge is 0.198 e. The second-order valence-electron chi connectivity index (χ2n) is 3.55. The Morgan fingerprint density at radius 2 is 1.88 bits per heavy atom. The van der Waals surface area contributed by atoms with Crippen molar-refractivity contribution in [2.24, 2.45) is 4.40 Å². The van der Waals surface area contributed by atoms with Crippen molar-refractivity contribution in [3.05, 3.63) is 52.9 Å². The summed E-state index contributed by atoms with van der Waals surface area (Å²) >= 11 is 1.17. The minimum atomic E-state index is -3.54. The van der Waals surface area contributed by atoms with E-state index in [4.69, 9.17) is 0 Å². The molecule has 3 nitrogen and oxygen atoms in total. The van der Waals surface area contributed by atoms with E-state index >= 15 is 0 Å². The molecule has 2 aromatic rings. The molecular weight excluding hydrogens is 254 g/mol. The van der Waals surface area contributed by atoms with Gasteiger partial charge in [0.15, 0.2) is 0 Å². The van der Waals surface area contributed by atoms with Crippen LogP contribution < -0.4 is 0 Å². The lowest BCUT2D eigenvalue weighted by Gasteiger charge is -1.95. The van der Waals surface area contributed by atoms with Gasteiger partial charge in [0.05, 0.1) is 0 Å². The Bertz CT molecular complexity index is 611. The minimum absolute atomic E-state index is 0.265. The highest BCUT2D eigenvalue weighted by Gasteiger charge is 2.11. The van der Waals surface area contributed by atoms with Crippen LogP contribution in [0.2, 0.25) is 0 Å². The molecule has 0 unspecified atom stereocenters. The second-order valence-corrected chi connectivity index (χ2v) is 6.36. The van der Waals surface area contributed by atoms with Crippen LogP contribution in [0.4, 0.5) is 0 Å². The normalized spacial score (nSPS) is 12.1. The summed E-state index contributed by atoms with van der Waals surface area (Å²) in [5.41, 5.74) is 1.90. The fraction of sp³-hybridized carbons (Fsp3) is 0.0833. The lowest BCUT2D eigenvalue weighted by Crippen LogP contribution is -1.94. The summed E-state index contributed by atoms with van der Waals surface area (Å²) in [6.07, 6.45) is 1.37. The van der Waals surface area contributed by atoms with E-state index in [-0.39, 0.29) is 4.21 Å². The molecule has 0 amide bonds. The molecule has 0 spiro atoms. The first kappa shape index (κ1) is 12.0. The van der Waals surface area contributed by atoms with Crippen molar-refractivity contribution in [1.82, 2.24) is 0 Å². The predicted octanol–water partition coefficient (Wildman–Crippen LogP) is 2.86. The maximum Gasteiger partial charge on any atom is 0.291 e. The summed E-state index contributed by atoms with van der Waals surface area (Å²) in [5.74, 6) is 0. The maximum atomic E-state index is 11.7. The fourth-order valence-corrected chi connectivity index (χ4v) is 3.09. The van der Waals surface area contributed by atoms with Gasteiger partial charge in [-0.3, -0.25) is 0 Å². The average Bonchev–Trinajstić information content (AvgIpc) is 2.82. The van der Waals surface area contributed by atoms with Gasteiger partial charge in [0.25, 0.3) is 10.0 Å². The molecule has 0 radical (unpaired) electrons. The molecule has 0 N–H and O–H groups in total. The van der Waals surface area contributed by atoms with Gasteiger partial charge >= 0.3 is 0 Å². The van der Waals surface area contributed by atoms with Crippen molar-refractivity contribution in [2.45, 2.75) is 11.1 Å². The van der Waals surface area contributed by atoms with Gasteiger partial charge in [0.2, 0.25) is 0 Å². The molecule has 88 valence electrons. The van der Waals surface area contributed by atoms with Crippen LogP contribution in [0.3, 0.4) is 0 Å². The number of aryl methyl sites for hydroxylation is 1. The lowest BCUT2D eigenvalue weighted by atomic mass is 10.2. The first-order valence-electron chi connectivity index (χ1n) is 4.98. The van der Waals surface area contributed by atoms with Gasteiger partial charge in [0, 0.05) is 6.21 Å². The molecule has 0 saturated heterocycles. The van der Waals surface area contributed by atoms with E-state index < -0.39 is 10.0 Å². The summed E-state index contributed by atoms with van der Waals surface area (Å²) in [7, 11) is -3.54. The molecule has 5 heteroatoms. The van der Waals surface area contributed by atoms with Gasteiger partial charge in [-0.25, -0.2) is 0 Å². The largest absolute Gasteiger partial charge is 0.291 e. The van der Waals surface area contributed by atoms with Gasteiger partial charge in [0.1, 0.15) is 4.21 Å². The van der Waals surface area contributed by atoms with Crippen LogP contribution in [0.15, 0.2) is 50.4 Å². The molecule has 1 aromatic heterocycles. The monoisotopic (exact) mass is 265 g/mol. The summed E-state index contributed by atoms with van der Waals surface area (Å²) in [6.45, 7) is 1.98. The molecule has 0 saturated carbocycles. The van der Waals surface area contributed by atoms with Crippen LogP contribution in [0.5, 0.6) is 0 Å². The van der Waals surface area contributed by atoms with Crippen LogP contribution in [-0.4, -0.2) is 14.6 Å². The topological polar surface area (TPSA) is 46.5 Å². The van der Waals surface area contributed by atoms with Crippen LogP contribution in [0.1, 0.15) is 11.1 Å². The first-order valence-corrected chi connectivity index (χ1v) is 7.30. The molecular formula is C12H11NO2S2. The third-order valence-electron chi connectivity index (χ3n) is 2.17. The Kier molecular flexibility index (Phi) is 3.40. The van der Waals surface area contributed by atoms with E-state index in [1.807, 2.05) is 31.2 Å². The molecule has 0 aliphatic heterocycles. The minimum Gasteiger partial charge on any atom is -0.198 e. The molecule has 0 fully saturated rings. The number of nitrogens with zero attached hydrogens (tertiary/aromatic N) is 1. The van der Waals surface area contributed by atoms with Crippen molar-refractivity contribution < 1.29 is 8.42 Å². The quantitative estimate of drug-likeness (QED) is 0.801. The Labute approximate surface area is 105 Å².